The Balaban J connectivity index is 3.85. The summed E-state index contributed by atoms with van der Waals surface area (Å²) in [6.07, 6.45) is 0.413. The highest BCUT2D eigenvalue weighted by Crippen LogP contribution is 2.15. The fourth-order valence-electron chi connectivity index (χ4n) is 1.29. The Hall–Kier alpha value is -0.160. The zero-order chi connectivity index (χ0) is 11.2. The summed E-state index contributed by atoms with van der Waals surface area (Å²) in [6.45, 7) is 4.95. The summed E-state index contributed by atoms with van der Waals surface area (Å²) in [4.78, 5) is 2.01. The molecule has 4 heteroatoms. The number of hydrogen-bond acceptors (Lipinski definition) is 4. The van der Waals surface area contributed by atoms with E-state index in [0.29, 0.717) is 13.0 Å². The van der Waals surface area contributed by atoms with Crippen molar-refractivity contribution in [1.29, 1.82) is 0 Å². The molecule has 0 heterocycles. The molecule has 1 atom stereocenters. The highest BCUT2D eigenvalue weighted by Gasteiger charge is 2.24. The summed E-state index contributed by atoms with van der Waals surface area (Å²) in [5.41, 5.74) is -0.451. The van der Waals surface area contributed by atoms with Gasteiger partial charge in [0, 0.05) is 18.5 Å². The molecule has 4 nitrogen and oxygen atoms in total. The maximum absolute atomic E-state index is 9.09. The Morgan fingerprint density at radius 1 is 1.29 bits per heavy atom. The van der Waals surface area contributed by atoms with E-state index in [1.54, 1.807) is 6.92 Å². The summed E-state index contributed by atoms with van der Waals surface area (Å²) < 4.78 is 0. The van der Waals surface area contributed by atoms with E-state index in [2.05, 4.69) is 0 Å². The van der Waals surface area contributed by atoms with Crippen molar-refractivity contribution in [1.82, 2.24) is 4.90 Å². The standard InChI is InChI=1S/C10H23NO3/c1-9(14)4-5-11(3)6-10(2,7-12)8-13/h9,12-14H,4-8H2,1-3H3. The number of aliphatic hydroxyl groups is 3. The van der Waals surface area contributed by atoms with Gasteiger partial charge in [0.25, 0.3) is 0 Å². The number of aliphatic hydroxyl groups excluding tert-OH is 3. The van der Waals surface area contributed by atoms with Crippen LogP contribution in [-0.4, -0.2) is 59.7 Å². The Kier molecular flexibility index (Phi) is 6.27. The monoisotopic (exact) mass is 205 g/mol. The van der Waals surface area contributed by atoms with Crippen LogP contribution >= 0.6 is 0 Å². The molecule has 0 aromatic heterocycles. The van der Waals surface area contributed by atoms with Gasteiger partial charge >= 0.3 is 0 Å². The van der Waals surface area contributed by atoms with Crippen LogP contribution in [0.15, 0.2) is 0 Å². The number of nitrogens with zero attached hydrogens (tertiary/aromatic N) is 1. The Labute approximate surface area is 86.2 Å². The van der Waals surface area contributed by atoms with Crippen LogP contribution in [0.4, 0.5) is 0 Å². The number of hydrogen-bond donors (Lipinski definition) is 3. The van der Waals surface area contributed by atoms with E-state index in [-0.39, 0.29) is 19.3 Å². The molecule has 0 aliphatic carbocycles. The molecule has 0 aromatic rings. The molecule has 0 aromatic carbocycles. The predicted molar refractivity (Wildman–Crippen MR) is 56.1 cm³/mol. The van der Waals surface area contributed by atoms with Gasteiger partial charge in [-0.3, -0.25) is 0 Å². The van der Waals surface area contributed by atoms with Crippen LogP contribution < -0.4 is 0 Å². The second-order valence-corrected chi connectivity index (χ2v) is 4.50. The highest BCUT2D eigenvalue weighted by atomic mass is 16.3. The van der Waals surface area contributed by atoms with Gasteiger partial charge in [0.05, 0.1) is 19.3 Å². The second kappa shape index (κ2) is 6.35. The second-order valence-electron chi connectivity index (χ2n) is 4.50. The zero-order valence-electron chi connectivity index (χ0n) is 9.40. The third kappa shape index (κ3) is 5.54. The van der Waals surface area contributed by atoms with Gasteiger partial charge in [-0.15, -0.1) is 0 Å². The van der Waals surface area contributed by atoms with Crippen LogP contribution in [0.1, 0.15) is 20.3 Å². The molecule has 0 aliphatic heterocycles. The Bertz CT molecular complexity index is 146. The van der Waals surface area contributed by atoms with Crippen molar-refractivity contribution in [3.05, 3.63) is 0 Å². The molecule has 0 rings (SSSR count). The lowest BCUT2D eigenvalue weighted by molar-refractivity contribution is 0.0386. The first kappa shape index (κ1) is 13.8. The average molecular weight is 205 g/mol. The highest BCUT2D eigenvalue weighted by molar-refractivity contribution is 4.75. The van der Waals surface area contributed by atoms with Gasteiger partial charge in [-0.05, 0) is 20.4 Å². The maximum Gasteiger partial charge on any atom is 0.0524 e. The molecular formula is C10H23NO3. The molecule has 0 saturated carbocycles. The molecule has 0 saturated heterocycles. The van der Waals surface area contributed by atoms with Crippen LogP contribution in [0.3, 0.4) is 0 Å². The first-order valence-corrected chi connectivity index (χ1v) is 5.02. The third-order valence-corrected chi connectivity index (χ3v) is 2.34. The van der Waals surface area contributed by atoms with Gasteiger partial charge in [-0.25, -0.2) is 0 Å². The van der Waals surface area contributed by atoms with Crippen LogP contribution in [-0.2, 0) is 0 Å². The SMILES string of the molecule is CC(O)CCN(C)CC(C)(CO)CO. The zero-order valence-corrected chi connectivity index (χ0v) is 9.40. The smallest absolute Gasteiger partial charge is 0.0524 e. The molecule has 86 valence electrons. The first-order valence-electron chi connectivity index (χ1n) is 5.02. The lowest BCUT2D eigenvalue weighted by Crippen LogP contribution is -2.39. The molecular weight excluding hydrogens is 182 g/mol. The normalized spacial score (nSPS) is 14.8. The van der Waals surface area contributed by atoms with Crippen molar-refractivity contribution < 1.29 is 15.3 Å². The fourth-order valence-corrected chi connectivity index (χ4v) is 1.29. The number of rotatable bonds is 7. The van der Waals surface area contributed by atoms with E-state index < -0.39 is 5.41 Å². The van der Waals surface area contributed by atoms with Crippen molar-refractivity contribution in [3.8, 4) is 0 Å². The average Bonchev–Trinajstić information content (AvgIpc) is 2.14. The summed E-state index contributed by atoms with van der Waals surface area (Å²) in [5, 5.41) is 27.2. The minimum absolute atomic E-state index is 0.0253. The maximum atomic E-state index is 9.09. The minimum atomic E-state index is -0.451. The Morgan fingerprint density at radius 3 is 2.14 bits per heavy atom. The largest absolute Gasteiger partial charge is 0.396 e. The molecule has 0 spiro atoms. The predicted octanol–water partition coefficient (Wildman–Crippen LogP) is -0.320. The van der Waals surface area contributed by atoms with E-state index >= 15 is 0 Å². The summed E-state index contributed by atoms with van der Waals surface area (Å²) in [7, 11) is 1.92. The fraction of sp³-hybridized carbons (Fsp3) is 1.00. The van der Waals surface area contributed by atoms with Crippen LogP contribution in [0, 0.1) is 5.41 Å². The molecule has 0 amide bonds. The van der Waals surface area contributed by atoms with Crippen LogP contribution in [0.25, 0.3) is 0 Å². The van der Waals surface area contributed by atoms with Gasteiger partial charge in [-0.1, -0.05) is 6.92 Å². The molecule has 0 aliphatic rings. The summed E-state index contributed by atoms with van der Waals surface area (Å²) in [6, 6.07) is 0. The van der Waals surface area contributed by atoms with Crippen molar-refractivity contribution in [2.45, 2.75) is 26.4 Å². The van der Waals surface area contributed by atoms with Crippen LogP contribution in [0.5, 0.6) is 0 Å². The van der Waals surface area contributed by atoms with Gasteiger partial charge in [0.2, 0.25) is 0 Å². The molecule has 1 unspecified atom stereocenters. The third-order valence-electron chi connectivity index (χ3n) is 2.34. The van der Waals surface area contributed by atoms with Gasteiger partial charge in [-0.2, -0.15) is 0 Å². The van der Waals surface area contributed by atoms with Gasteiger partial charge in [0.1, 0.15) is 0 Å². The van der Waals surface area contributed by atoms with E-state index in [4.69, 9.17) is 15.3 Å². The van der Waals surface area contributed by atoms with Crippen molar-refractivity contribution >= 4 is 0 Å². The van der Waals surface area contributed by atoms with Crippen molar-refractivity contribution in [2.75, 3.05) is 33.4 Å². The summed E-state index contributed by atoms with van der Waals surface area (Å²) in [5.74, 6) is 0. The first-order chi connectivity index (χ1) is 6.43. The van der Waals surface area contributed by atoms with E-state index in [1.807, 2.05) is 18.9 Å². The lowest BCUT2D eigenvalue weighted by atomic mass is 9.92. The molecule has 14 heavy (non-hydrogen) atoms. The van der Waals surface area contributed by atoms with E-state index in [9.17, 15) is 0 Å². The Morgan fingerprint density at radius 2 is 1.79 bits per heavy atom. The minimum Gasteiger partial charge on any atom is -0.396 e. The van der Waals surface area contributed by atoms with Crippen molar-refractivity contribution in [3.63, 3.8) is 0 Å². The molecule has 0 bridgehead atoms. The summed E-state index contributed by atoms with van der Waals surface area (Å²) >= 11 is 0. The molecule has 3 N–H and O–H groups in total. The molecule has 0 fully saturated rings. The van der Waals surface area contributed by atoms with E-state index in [1.165, 1.54) is 0 Å². The van der Waals surface area contributed by atoms with Crippen LogP contribution in [0.2, 0.25) is 0 Å². The van der Waals surface area contributed by atoms with Gasteiger partial charge < -0.3 is 20.2 Å². The molecule has 0 radical (unpaired) electrons. The van der Waals surface area contributed by atoms with Crippen molar-refractivity contribution in [2.24, 2.45) is 5.41 Å². The quantitative estimate of drug-likeness (QED) is 0.533. The topological polar surface area (TPSA) is 63.9 Å². The van der Waals surface area contributed by atoms with Gasteiger partial charge in [0.15, 0.2) is 0 Å². The van der Waals surface area contributed by atoms with E-state index in [0.717, 1.165) is 6.54 Å². The lowest BCUT2D eigenvalue weighted by Gasteiger charge is -2.30.